The quantitative estimate of drug-likeness (QED) is 0.865. The number of nitrogens with zero attached hydrogens (tertiary/aromatic N) is 1. The lowest BCUT2D eigenvalue weighted by Crippen LogP contribution is -2.43. The van der Waals surface area contributed by atoms with Gasteiger partial charge in [0.25, 0.3) is 0 Å². The molecule has 17 heavy (non-hydrogen) atoms. The molecular weight excluding hydrogens is 212 g/mol. The Bertz CT molecular complexity index is 331. The molecule has 0 aliphatic carbocycles. The van der Waals surface area contributed by atoms with Crippen LogP contribution in [0.3, 0.4) is 0 Å². The van der Waals surface area contributed by atoms with Crippen LogP contribution >= 0.6 is 0 Å². The number of benzene rings is 1. The first-order valence-electron chi connectivity index (χ1n) is 6.52. The predicted molar refractivity (Wildman–Crippen MR) is 71.9 cm³/mol. The highest BCUT2D eigenvalue weighted by atomic mass is 16.5. The summed E-state index contributed by atoms with van der Waals surface area (Å²) in [6.07, 6.45) is 1.33. The van der Waals surface area contributed by atoms with Gasteiger partial charge in [-0.15, -0.1) is 0 Å². The number of anilines is 1. The van der Waals surface area contributed by atoms with E-state index in [0.29, 0.717) is 6.10 Å². The lowest BCUT2D eigenvalue weighted by Gasteiger charge is -2.29. The van der Waals surface area contributed by atoms with E-state index >= 15 is 0 Å². The molecule has 94 valence electrons. The summed E-state index contributed by atoms with van der Waals surface area (Å²) in [4.78, 5) is 2.41. The highest BCUT2D eigenvalue weighted by molar-refractivity contribution is 5.49. The van der Waals surface area contributed by atoms with Crippen molar-refractivity contribution in [3.63, 3.8) is 0 Å². The molecule has 1 N–H and O–H groups in total. The largest absolute Gasteiger partial charge is 0.491 e. The predicted octanol–water partition coefficient (Wildman–Crippen LogP) is 2.27. The van der Waals surface area contributed by atoms with Crippen molar-refractivity contribution in [3.05, 3.63) is 24.3 Å². The standard InChI is InChI=1S/C14H22N2O/c1-3-12(2)17-14-6-4-13(5-7-14)16-10-8-15-9-11-16/h4-7,12,15H,3,8-11H2,1-2H3/t12-/m1/s1. The summed E-state index contributed by atoms with van der Waals surface area (Å²) in [5.41, 5.74) is 1.29. The van der Waals surface area contributed by atoms with Gasteiger partial charge in [-0.3, -0.25) is 0 Å². The highest BCUT2D eigenvalue weighted by Gasteiger charge is 2.10. The van der Waals surface area contributed by atoms with Gasteiger partial charge in [-0.1, -0.05) is 6.92 Å². The van der Waals surface area contributed by atoms with Gasteiger partial charge in [0.15, 0.2) is 0 Å². The molecule has 0 bridgehead atoms. The fourth-order valence-electron chi connectivity index (χ4n) is 1.97. The molecule has 1 aromatic carbocycles. The number of hydrogen-bond acceptors (Lipinski definition) is 3. The van der Waals surface area contributed by atoms with Crippen LogP contribution in [-0.2, 0) is 0 Å². The van der Waals surface area contributed by atoms with Crippen LogP contribution in [-0.4, -0.2) is 32.3 Å². The minimum Gasteiger partial charge on any atom is -0.491 e. The molecule has 0 aromatic heterocycles. The molecule has 0 unspecified atom stereocenters. The molecule has 0 spiro atoms. The molecule has 1 saturated heterocycles. The van der Waals surface area contributed by atoms with Gasteiger partial charge in [-0.25, -0.2) is 0 Å². The van der Waals surface area contributed by atoms with E-state index in [1.807, 2.05) is 0 Å². The van der Waals surface area contributed by atoms with Gasteiger partial charge in [0.2, 0.25) is 0 Å². The van der Waals surface area contributed by atoms with Gasteiger partial charge < -0.3 is 15.0 Å². The third-order valence-electron chi connectivity index (χ3n) is 3.23. The number of ether oxygens (including phenoxy) is 1. The van der Waals surface area contributed by atoms with Crippen LogP contribution in [0.15, 0.2) is 24.3 Å². The maximum Gasteiger partial charge on any atom is 0.119 e. The van der Waals surface area contributed by atoms with E-state index in [-0.39, 0.29) is 0 Å². The Kier molecular flexibility index (Phi) is 4.26. The van der Waals surface area contributed by atoms with Crippen LogP contribution in [0.25, 0.3) is 0 Å². The number of hydrogen-bond donors (Lipinski definition) is 1. The Morgan fingerprint density at radius 3 is 2.47 bits per heavy atom. The summed E-state index contributed by atoms with van der Waals surface area (Å²) in [6.45, 7) is 8.57. The first kappa shape index (κ1) is 12.2. The van der Waals surface area contributed by atoms with E-state index < -0.39 is 0 Å². The second-order valence-corrected chi connectivity index (χ2v) is 4.57. The summed E-state index contributed by atoms with van der Waals surface area (Å²) < 4.78 is 5.77. The van der Waals surface area contributed by atoms with Gasteiger partial charge in [0, 0.05) is 31.9 Å². The number of rotatable bonds is 4. The van der Waals surface area contributed by atoms with Crippen LogP contribution in [0.5, 0.6) is 5.75 Å². The number of nitrogens with one attached hydrogen (secondary N) is 1. The molecule has 0 saturated carbocycles. The van der Waals surface area contributed by atoms with Crippen molar-refractivity contribution in [2.45, 2.75) is 26.4 Å². The molecular formula is C14H22N2O. The van der Waals surface area contributed by atoms with Crippen LogP contribution < -0.4 is 15.0 Å². The average Bonchev–Trinajstić information content (AvgIpc) is 2.40. The van der Waals surface area contributed by atoms with Gasteiger partial charge in [0.1, 0.15) is 5.75 Å². The van der Waals surface area contributed by atoms with E-state index in [4.69, 9.17) is 4.74 Å². The summed E-state index contributed by atoms with van der Waals surface area (Å²) in [5.74, 6) is 0.971. The van der Waals surface area contributed by atoms with Crippen LogP contribution in [0.1, 0.15) is 20.3 Å². The minimum atomic E-state index is 0.292. The maximum atomic E-state index is 5.77. The molecule has 1 aliphatic heterocycles. The van der Waals surface area contributed by atoms with Crippen molar-refractivity contribution < 1.29 is 4.74 Å². The van der Waals surface area contributed by atoms with E-state index in [1.54, 1.807) is 0 Å². The Morgan fingerprint density at radius 2 is 1.88 bits per heavy atom. The van der Waals surface area contributed by atoms with Crippen molar-refractivity contribution in [2.24, 2.45) is 0 Å². The molecule has 3 nitrogen and oxygen atoms in total. The maximum absolute atomic E-state index is 5.77. The molecule has 3 heteroatoms. The molecule has 0 radical (unpaired) electrons. The molecule has 1 aromatic rings. The van der Waals surface area contributed by atoms with Gasteiger partial charge in [-0.05, 0) is 37.6 Å². The van der Waals surface area contributed by atoms with Gasteiger partial charge in [-0.2, -0.15) is 0 Å². The van der Waals surface area contributed by atoms with Gasteiger partial charge >= 0.3 is 0 Å². The fourth-order valence-corrected chi connectivity index (χ4v) is 1.97. The zero-order valence-corrected chi connectivity index (χ0v) is 10.8. The third kappa shape index (κ3) is 3.37. The summed E-state index contributed by atoms with van der Waals surface area (Å²) in [5, 5.41) is 3.36. The highest BCUT2D eigenvalue weighted by Crippen LogP contribution is 2.20. The van der Waals surface area contributed by atoms with E-state index in [1.165, 1.54) is 5.69 Å². The molecule has 1 heterocycles. The zero-order chi connectivity index (χ0) is 12.1. The summed E-state index contributed by atoms with van der Waals surface area (Å²) in [7, 11) is 0. The Balaban J connectivity index is 1.97. The molecule has 2 rings (SSSR count). The molecule has 1 aliphatic rings. The van der Waals surface area contributed by atoms with Crippen LogP contribution in [0.2, 0.25) is 0 Å². The van der Waals surface area contributed by atoms with Crippen molar-refractivity contribution in [1.82, 2.24) is 5.32 Å². The first-order valence-corrected chi connectivity index (χ1v) is 6.52. The Hall–Kier alpha value is -1.22. The monoisotopic (exact) mass is 234 g/mol. The van der Waals surface area contributed by atoms with Crippen molar-refractivity contribution in [2.75, 3.05) is 31.1 Å². The summed E-state index contributed by atoms with van der Waals surface area (Å²) in [6, 6.07) is 8.46. The Labute approximate surface area is 104 Å². The average molecular weight is 234 g/mol. The topological polar surface area (TPSA) is 24.5 Å². The lowest BCUT2D eigenvalue weighted by molar-refractivity contribution is 0.217. The minimum absolute atomic E-state index is 0.292. The third-order valence-corrected chi connectivity index (χ3v) is 3.23. The van der Waals surface area contributed by atoms with Crippen LogP contribution in [0, 0.1) is 0 Å². The van der Waals surface area contributed by atoms with Crippen molar-refractivity contribution >= 4 is 5.69 Å². The normalized spacial score (nSPS) is 17.9. The van der Waals surface area contributed by atoms with Crippen LogP contribution in [0.4, 0.5) is 5.69 Å². The Morgan fingerprint density at radius 1 is 1.24 bits per heavy atom. The van der Waals surface area contributed by atoms with Gasteiger partial charge in [0.05, 0.1) is 6.10 Å². The van der Waals surface area contributed by atoms with Crippen molar-refractivity contribution in [3.8, 4) is 5.75 Å². The second-order valence-electron chi connectivity index (χ2n) is 4.57. The van der Waals surface area contributed by atoms with E-state index in [9.17, 15) is 0 Å². The molecule has 1 fully saturated rings. The smallest absolute Gasteiger partial charge is 0.119 e. The number of piperazine rings is 1. The van der Waals surface area contributed by atoms with Crippen molar-refractivity contribution in [1.29, 1.82) is 0 Å². The second kappa shape index (κ2) is 5.92. The van der Waals surface area contributed by atoms with E-state index in [2.05, 4.69) is 48.3 Å². The molecule has 0 amide bonds. The lowest BCUT2D eigenvalue weighted by atomic mass is 10.2. The fraction of sp³-hybridized carbons (Fsp3) is 0.571. The first-order chi connectivity index (χ1) is 8.29. The summed E-state index contributed by atoms with van der Waals surface area (Å²) >= 11 is 0. The molecule has 1 atom stereocenters. The van der Waals surface area contributed by atoms with E-state index in [0.717, 1.165) is 38.3 Å². The zero-order valence-electron chi connectivity index (χ0n) is 10.8. The SMILES string of the molecule is CC[C@@H](C)Oc1ccc(N2CCNCC2)cc1.